The lowest BCUT2D eigenvalue weighted by molar-refractivity contribution is 0.208. The lowest BCUT2D eigenvalue weighted by atomic mass is 9.99. The quantitative estimate of drug-likeness (QED) is 0.785. The molecule has 1 saturated heterocycles. The molecule has 1 fully saturated rings. The van der Waals surface area contributed by atoms with E-state index in [1.54, 1.807) is 12.3 Å². The molecule has 16 heavy (non-hydrogen) atoms. The van der Waals surface area contributed by atoms with Crippen LogP contribution in [0.4, 0.5) is 5.95 Å². The minimum atomic E-state index is 0.203. The van der Waals surface area contributed by atoms with Gasteiger partial charge in [-0.25, -0.2) is 9.97 Å². The highest BCUT2D eigenvalue weighted by Crippen LogP contribution is 2.19. The van der Waals surface area contributed by atoms with Crippen LogP contribution in [0.3, 0.4) is 0 Å². The Balaban J connectivity index is 2.14. The molecule has 0 aromatic carbocycles. The fourth-order valence-electron chi connectivity index (χ4n) is 1.96. The highest BCUT2D eigenvalue weighted by molar-refractivity contribution is 5.34. The maximum atomic E-state index is 9.14. The zero-order chi connectivity index (χ0) is 11.4. The molecular formula is C11H14N4O. The first-order chi connectivity index (χ1) is 7.83. The Morgan fingerprint density at radius 1 is 1.62 bits per heavy atom. The van der Waals surface area contributed by atoms with Crippen molar-refractivity contribution in [2.75, 3.05) is 24.6 Å². The Labute approximate surface area is 94.4 Å². The number of aliphatic hydroxyl groups excluding tert-OH is 1. The zero-order valence-electron chi connectivity index (χ0n) is 9.00. The van der Waals surface area contributed by atoms with Gasteiger partial charge in [-0.15, -0.1) is 0 Å². The molecule has 5 nitrogen and oxygen atoms in total. The van der Waals surface area contributed by atoms with Crippen molar-refractivity contribution in [1.82, 2.24) is 9.97 Å². The standard InChI is InChI=1S/C11H14N4O/c12-6-10-3-4-13-11(14-10)15-5-1-2-9(7-15)8-16/h3-4,9,16H,1-2,5,7-8H2. The first-order valence-corrected chi connectivity index (χ1v) is 5.42. The maximum absolute atomic E-state index is 9.14. The Kier molecular flexibility index (Phi) is 3.32. The molecule has 1 unspecified atom stereocenters. The molecule has 0 bridgehead atoms. The van der Waals surface area contributed by atoms with Gasteiger partial charge >= 0.3 is 0 Å². The first kappa shape index (κ1) is 10.8. The lowest BCUT2D eigenvalue weighted by Gasteiger charge is -2.31. The normalized spacial score (nSPS) is 20.5. The van der Waals surface area contributed by atoms with E-state index in [4.69, 9.17) is 10.4 Å². The molecule has 5 heteroatoms. The van der Waals surface area contributed by atoms with Crippen molar-refractivity contribution in [2.24, 2.45) is 5.92 Å². The number of aliphatic hydroxyl groups is 1. The Morgan fingerprint density at radius 2 is 2.50 bits per heavy atom. The van der Waals surface area contributed by atoms with Crippen LogP contribution in [-0.4, -0.2) is 34.8 Å². The van der Waals surface area contributed by atoms with E-state index >= 15 is 0 Å². The van der Waals surface area contributed by atoms with Crippen LogP contribution in [0.15, 0.2) is 12.3 Å². The molecule has 0 radical (unpaired) electrons. The van der Waals surface area contributed by atoms with Gasteiger partial charge in [0, 0.05) is 25.9 Å². The summed E-state index contributed by atoms with van der Waals surface area (Å²) in [6.07, 6.45) is 3.68. The van der Waals surface area contributed by atoms with Crippen molar-refractivity contribution in [1.29, 1.82) is 5.26 Å². The molecule has 1 aliphatic heterocycles. The number of rotatable bonds is 2. The van der Waals surface area contributed by atoms with E-state index < -0.39 is 0 Å². The molecule has 0 amide bonds. The van der Waals surface area contributed by atoms with Crippen LogP contribution in [0.5, 0.6) is 0 Å². The summed E-state index contributed by atoms with van der Waals surface area (Å²) in [7, 11) is 0. The molecule has 2 heterocycles. The van der Waals surface area contributed by atoms with Gasteiger partial charge in [-0.2, -0.15) is 5.26 Å². The molecule has 2 rings (SSSR count). The number of nitrogens with zero attached hydrogens (tertiary/aromatic N) is 4. The highest BCUT2D eigenvalue weighted by atomic mass is 16.3. The number of hydrogen-bond acceptors (Lipinski definition) is 5. The molecule has 0 spiro atoms. The van der Waals surface area contributed by atoms with Crippen LogP contribution in [0, 0.1) is 17.2 Å². The van der Waals surface area contributed by atoms with Crippen LogP contribution >= 0.6 is 0 Å². The topological polar surface area (TPSA) is 73.0 Å². The van der Waals surface area contributed by atoms with Crippen molar-refractivity contribution in [3.05, 3.63) is 18.0 Å². The minimum Gasteiger partial charge on any atom is -0.396 e. The van der Waals surface area contributed by atoms with Crippen molar-refractivity contribution in [3.63, 3.8) is 0 Å². The molecule has 1 aromatic rings. The van der Waals surface area contributed by atoms with E-state index in [1.165, 1.54) is 0 Å². The van der Waals surface area contributed by atoms with Crippen LogP contribution in [0.1, 0.15) is 18.5 Å². The van der Waals surface area contributed by atoms with Gasteiger partial charge in [0.05, 0.1) is 0 Å². The molecule has 1 aliphatic rings. The van der Waals surface area contributed by atoms with Gasteiger partial charge < -0.3 is 10.0 Å². The van der Waals surface area contributed by atoms with Gasteiger partial charge in [0.1, 0.15) is 11.8 Å². The van der Waals surface area contributed by atoms with Crippen molar-refractivity contribution >= 4 is 5.95 Å². The SMILES string of the molecule is N#Cc1ccnc(N2CCCC(CO)C2)n1. The average Bonchev–Trinajstić information content (AvgIpc) is 2.39. The Bertz CT molecular complexity index is 401. The number of anilines is 1. The number of aromatic nitrogens is 2. The maximum Gasteiger partial charge on any atom is 0.226 e. The lowest BCUT2D eigenvalue weighted by Crippen LogP contribution is -2.37. The molecular weight excluding hydrogens is 204 g/mol. The van der Waals surface area contributed by atoms with E-state index in [9.17, 15) is 0 Å². The predicted octanol–water partition coefficient (Wildman–Crippen LogP) is 0.557. The van der Waals surface area contributed by atoms with E-state index in [0.717, 1.165) is 25.9 Å². The van der Waals surface area contributed by atoms with E-state index in [2.05, 4.69) is 9.97 Å². The van der Waals surface area contributed by atoms with Gasteiger partial charge in [-0.05, 0) is 24.8 Å². The molecule has 84 valence electrons. The second-order valence-electron chi connectivity index (χ2n) is 3.99. The summed E-state index contributed by atoms with van der Waals surface area (Å²) in [5, 5.41) is 17.9. The Morgan fingerprint density at radius 3 is 3.25 bits per heavy atom. The van der Waals surface area contributed by atoms with Gasteiger partial charge in [-0.3, -0.25) is 0 Å². The monoisotopic (exact) mass is 218 g/mol. The molecule has 1 N–H and O–H groups in total. The summed E-state index contributed by atoms with van der Waals surface area (Å²) in [5.74, 6) is 0.889. The summed E-state index contributed by atoms with van der Waals surface area (Å²) in [4.78, 5) is 10.4. The van der Waals surface area contributed by atoms with Gasteiger partial charge in [-0.1, -0.05) is 0 Å². The summed E-state index contributed by atoms with van der Waals surface area (Å²) in [6.45, 7) is 1.87. The van der Waals surface area contributed by atoms with Crippen molar-refractivity contribution in [2.45, 2.75) is 12.8 Å². The Hall–Kier alpha value is -1.67. The number of piperidine rings is 1. The number of hydrogen-bond donors (Lipinski definition) is 1. The van der Waals surface area contributed by atoms with E-state index in [-0.39, 0.29) is 6.61 Å². The fourth-order valence-corrected chi connectivity index (χ4v) is 1.96. The van der Waals surface area contributed by atoms with Crippen LogP contribution < -0.4 is 4.90 Å². The third-order valence-corrected chi connectivity index (χ3v) is 2.82. The third kappa shape index (κ3) is 2.28. The predicted molar refractivity (Wildman–Crippen MR) is 58.8 cm³/mol. The highest BCUT2D eigenvalue weighted by Gasteiger charge is 2.21. The largest absolute Gasteiger partial charge is 0.396 e. The van der Waals surface area contributed by atoms with E-state index in [1.807, 2.05) is 11.0 Å². The van der Waals surface area contributed by atoms with Crippen molar-refractivity contribution in [3.8, 4) is 6.07 Å². The van der Waals surface area contributed by atoms with Gasteiger partial charge in [0.2, 0.25) is 5.95 Å². The summed E-state index contributed by atoms with van der Waals surface area (Å²) >= 11 is 0. The summed E-state index contributed by atoms with van der Waals surface area (Å²) in [6, 6.07) is 3.60. The van der Waals surface area contributed by atoms with Crippen LogP contribution in [-0.2, 0) is 0 Å². The second kappa shape index (κ2) is 4.90. The second-order valence-corrected chi connectivity index (χ2v) is 3.99. The molecule has 0 aliphatic carbocycles. The van der Waals surface area contributed by atoms with Gasteiger partial charge in [0.15, 0.2) is 0 Å². The minimum absolute atomic E-state index is 0.203. The summed E-state index contributed by atoms with van der Waals surface area (Å²) in [5.41, 5.74) is 0.385. The molecule has 1 atom stereocenters. The zero-order valence-corrected chi connectivity index (χ0v) is 9.00. The third-order valence-electron chi connectivity index (χ3n) is 2.82. The van der Waals surface area contributed by atoms with Crippen LogP contribution in [0.2, 0.25) is 0 Å². The van der Waals surface area contributed by atoms with Gasteiger partial charge in [0.25, 0.3) is 0 Å². The fraction of sp³-hybridized carbons (Fsp3) is 0.545. The summed E-state index contributed by atoms with van der Waals surface area (Å²) < 4.78 is 0. The average molecular weight is 218 g/mol. The van der Waals surface area contributed by atoms with Crippen molar-refractivity contribution < 1.29 is 5.11 Å². The number of nitriles is 1. The first-order valence-electron chi connectivity index (χ1n) is 5.42. The smallest absolute Gasteiger partial charge is 0.226 e. The molecule has 1 aromatic heterocycles. The molecule has 0 saturated carbocycles. The van der Waals surface area contributed by atoms with E-state index in [0.29, 0.717) is 17.6 Å². The van der Waals surface area contributed by atoms with Crippen LogP contribution in [0.25, 0.3) is 0 Å².